The van der Waals surface area contributed by atoms with Gasteiger partial charge in [-0.2, -0.15) is 0 Å². The van der Waals surface area contributed by atoms with E-state index in [1.807, 2.05) is 0 Å². The van der Waals surface area contributed by atoms with Crippen molar-refractivity contribution < 1.29 is 47.5 Å². The Morgan fingerprint density at radius 1 is 1.36 bits per heavy atom. The number of nitrogens with zero attached hydrogens (tertiary/aromatic N) is 1. The highest BCUT2D eigenvalue weighted by atomic mass is 31.3. The number of rotatable bonds is 6. The topological polar surface area (TPSA) is 175 Å². The quantitative estimate of drug-likeness (QED) is 0.339. The molecule has 0 aromatic rings. The summed E-state index contributed by atoms with van der Waals surface area (Å²) in [4.78, 5) is 30.7. The fourth-order valence-corrected chi connectivity index (χ4v) is 4.26. The third-order valence-corrected chi connectivity index (χ3v) is 5.75. The maximum absolute atomic E-state index is 11.5. The van der Waals surface area contributed by atoms with Crippen LogP contribution in [0.25, 0.3) is 0 Å². The SMILES string of the molecule is C=C1NC(=O)C=CN1C1OC(COP(=O)(O)OP(C)(=O)O)C(O)C1O. The van der Waals surface area contributed by atoms with Gasteiger partial charge in [0.25, 0.3) is 5.91 Å². The summed E-state index contributed by atoms with van der Waals surface area (Å²) < 4.78 is 36.5. The van der Waals surface area contributed by atoms with Gasteiger partial charge in [0.2, 0.25) is 0 Å². The number of aliphatic hydroxyl groups is 2. The Balaban J connectivity index is 2.01. The molecule has 0 saturated carbocycles. The largest absolute Gasteiger partial charge is 0.479 e. The van der Waals surface area contributed by atoms with Crippen LogP contribution in [0, 0.1) is 0 Å². The summed E-state index contributed by atoms with van der Waals surface area (Å²) >= 11 is 0. The molecule has 1 fully saturated rings. The minimum Gasteiger partial charge on any atom is -0.387 e. The van der Waals surface area contributed by atoms with Crippen molar-refractivity contribution in [3.8, 4) is 0 Å². The van der Waals surface area contributed by atoms with E-state index in [1.54, 1.807) is 0 Å². The van der Waals surface area contributed by atoms with E-state index in [4.69, 9.17) is 9.63 Å². The molecule has 6 unspecified atom stereocenters. The monoisotopic (exact) mass is 400 g/mol. The molecule has 0 radical (unpaired) electrons. The normalized spacial score (nSPS) is 34.5. The van der Waals surface area contributed by atoms with E-state index in [1.165, 1.54) is 11.1 Å². The number of hydrogen-bond acceptors (Lipinski definition) is 9. The second-order valence-electron chi connectivity index (χ2n) is 5.35. The summed E-state index contributed by atoms with van der Waals surface area (Å²) in [6.07, 6.45) is -2.94. The maximum atomic E-state index is 11.5. The molecular weight excluding hydrogens is 382 g/mol. The lowest BCUT2D eigenvalue weighted by Crippen LogP contribution is -2.46. The average Bonchev–Trinajstić information content (AvgIpc) is 2.71. The molecule has 1 amide bonds. The van der Waals surface area contributed by atoms with E-state index in [0.717, 1.165) is 6.08 Å². The van der Waals surface area contributed by atoms with Crippen LogP contribution in [0.3, 0.4) is 0 Å². The first-order chi connectivity index (χ1) is 11.4. The standard InChI is InChI=1S/C11H18N2O10P2/c1-6-12-8(14)3-4-13(6)11-10(16)9(15)7(22-11)5-21-25(19,20)23-24(2,17)18/h3-4,7,9-11,15-16H,1,5H2,2H3,(H,12,14)(H,17,18)(H,19,20). The number of ether oxygens (including phenoxy) is 1. The summed E-state index contributed by atoms with van der Waals surface area (Å²) in [6.45, 7) is 3.56. The van der Waals surface area contributed by atoms with Crippen LogP contribution in [0.1, 0.15) is 0 Å². The highest BCUT2D eigenvalue weighted by Crippen LogP contribution is 2.58. The number of carbonyl (C=O) groups is 1. The second kappa shape index (κ2) is 7.28. The molecule has 12 nitrogen and oxygen atoms in total. The van der Waals surface area contributed by atoms with Gasteiger partial charge >= 0.3 is 15.4 Å². The molecular formula is C11H18N2O10P2. The molecule has 14 heteroatoms. The Morgan fingerprint density at radius 2 is 2.00 bits per heavy atom. The molecule has 6 atom stereocenters. The minimum absolute atomic E-state index is 0.0914. The number of hydrogen-bond donors (Lipinski definition) is 5. The van der Waals surface area contributed by atoms with E-state index in [0.29, 0.717) is 6.66 Å². The fourth-order valence-electron chi connectivity index (χ4n) is 2.20. The number of phosphoric acid groups is 1. The highest BCUT2D eigenvalue weighted by molar-refractivity contribution is 7.63. The molecule has 0 spiro atoms. The van der Waals surface area contributed by atoms with Crippen molar-refractivity contribution in [2.45, 2.75) is 24.5 Å². The van der Waals surface area contributed by atoms with Gasteiger partial charge in [0.1, 0.15) is 24.1 Å². The first-order valence-electron chi connectivity index (χ1n) is 6.86. The number of phosphoric ester groups is 1. The van der Waals surface area contributed by atoms with Crippen LogP contribution in [-0.4, -0.2) is 68.6 Å². The van der Waals surface area contributed by atoms with Crippen molar-refractivity contribution in [2.75, 3.05) is 13.3 Å². The molecule has 0 bridgehead atoms. The molecule has 0 aromatic heterocycles. The lowest BCUT2D eigenvalue weighted by molar-refractivity contribution is -0.118. The lowest BCUT2D eigenvalue weighted by Gasteiger charge is -2.32. The fraction of sp³-hybridized carbons (Fsp3) is 0.545. The van der Waals surface area contributed by atoms with Gasteiger partial charge < -0.3 is 35.0 Å². The van der Waals surface area contributed by atoms with Crippen LogP contribution in [0.5, 0.6) is 0 Å². The number of aliphatic hydroxyl groups excluding tert-OH is 2. The Kier molecular flexibility index (Phi) is 5.89. The van der Waals surface area contributed by atoms with Gasteiger partial charge in [-0.3, -0.25) is 13.9 Å². The molecule has 5 N–H and O–H groups in total. The van der Waals surface area contributed by atoms with E-state index in [9.17, 15) is 29.0 Å². The van der Waals surface area contributed by atoms with Crippen LogP contribution < -0.4 is 5.32 Å². The van der Waals surface area contributed by atoms with Gasteiger partial charge in [0.15, 0.2) is 6.23 Å². The van der Waals surface area contributed by atoms with Crippen LogP contribution >= 0.6 is 15.4 Å². The Morgan fingerprint density at radius 3 is 2.56 bits per heavy atom. The summed E-state index contributed by atoms with van der Waals surface area (Å²) in [5, 5.41) is 22.4. The second-order valence-corrected chi connectivity index (χ2v) is 8.81. The Labute approximate surface area is 142 Å². The number of nitrogens with one attached hydrogen (secondary N) is 1. The van der Waals surface area contributed by atoms with Crippen LogP contribution in [0.4, 0.5) is 0 Å². The summed E-state index contributed by atoms with van der Waals surface area (Å²) in [5.74, 6) is -0.339. The summed E-state index contributed by atoms with van der Waals surface area (Å²) in [6, 6.07) is 0. The number of amides is 1. The molecule has 0 aliphatic carbocycles. The van der Waals surface area contributed by atoms with Gasteiger partial charge in [0, 0.05) is 18.9 Å². The van der Waals surface area contributed by atoms with Gasteiger partial charge in [-0.1, -0.05) is 6.58 Å². The van der Waals surface area contributed by atoms with E-state index in [-0.39, 0.29) is 5.82 Å². The van der Waals surface area contributed by atoms with E-state index >= 15 is 0 Å². The average molecular weight is 400 g/mol. The van der Waals surface area contributed by atoms with Crippen molar-refractivity contribution in [3.05, 3.63) is 24.7 Å². The first-order valence-corrected chi connectivity index (χ1v) is 10.4. The smallest absolute Gasteiger partial charge is 0.387 e. The van der Waals surface area contributed by atoms with Crippen molar-refractivity contribution >= 4 is 21.3 Å². The zero-order valence-corrected chi connectivity index (χ0v) is 14.7. The molecule has 2 aliphatic heterocycles. The van der Waals surface area contributed by atoms with Gasteiger partial charge in [0.05, 0.1) is 6.61 Å². The van der Waals surface area contributed by atoms with Crippen LogP contribution in [0.2, 0.25) is 0 Å². The van der Waals surface area contributed by atoms with Gasteiger partial charge in [-0.25, -0.2) is 8.88 Å². The third-order valence-electron chi connectivity index (χ3n) is 3.23. The zero-order valence-electron chi connectivity index (χ0n) is 13.0. The Hall–Kier alpha value is -1.07. The summed E-state index contributed by atoms with van der Waals surface area (Å²) in [7, 11) is -9.16. The molecule has 1 saturated heterocycles. The van der Waals surface area contributed by atoms with Crippen LogP contribution in [-0.2, 0) is 27.5 Å². The zero-order chi connectivity index (χ0) is 19.0. The predicted octanol–water partition coefficient (Wildman–Crippen LogP) is -1.20. The molecule has 25 heavy (non-hydrogen) atoms. The lowest BCUT2D eigenvalue weighted by atomic mass is 10.1. The van der Waals surface area contributed by atoms with Crippen LogP contribution in [0.15, 0.2) is 24.7 Å². The summed E-state index contributed by atoms with van der Waals surface area (Å²) in [5.41, 5.74) is 0. The third kappa shape index (κ3) is 5.20. The van der Waals surface area contributed by atoms with E-state index < -0.39 is 52.5 Å². The maximum Gasteiger partial charge on any atom is 0.479 e. The van der Waals surface area contributed by atoms with E-state index in [2.05, 4.69) is 20.7 Å². The van der Waals surface area contributed by atoms with Gasteiger partial charge in [-0.15, -0.1) is 0 Å². The molecule has 2 heterocycles. The molecule has 142 valence electrons. The molecule has 2 rings (SSSR count). The predicted molar refractivity (Wildman–Crippen MR) is 81.5 cm³/mol. The highest BCUT2D eigenvalue weighted by Gasteiger charge is 2.47. The Bertz CT molecular complexity index is 676. The van der Waals surface area contributed by atoms with Crippen molar-refractivity contribution in [1.29, 1.82) is 0 Å². The van der Waals surface area contributed by atoms with Crippen molar-refractivity contribution in [2.24, 2.45) is 0 Å². The minimum atomic E-state index is -4.87. The van der Waals surface area contributed by atoms with Crippen molar-refractivity contribution in [3.63, 3.8) is 0 Å². The number of carbonyl (C=O) groups excluding carboxylic acids is 1. The van der Waals surface area contributed by atoms with Gasteiger partial charge in [-0.05, 0) is 0 Å². The molecule has 0 aromatic carbocycles. The first kappa shape index (κ1) is 20.2. The van der Waals surface area contributed by atoms with Crippen molar-refractivity contribution in [1.82, 2.24) is 10.2 Å². The molecule has 2 aliphatic rings.